The van der Waals surface area contributed by atoms with Gasteiger partial charge < -0.3 is 14.1 Å². The maximum absolute atomic E-state index is 7.13. The maximum Gasteiger partial charge on any atom is 0.287 e. The lowest BCUT2D eigenvalue weighted by Gasteiger charge is -2.01. The number of nitrogens with zero attached hydrogens (tertiary/aromatic N) is 10. The topological polar surface area (TPSA) is 86.9 Å². The predicted octanol–water partition coefficient (Wildman–Crippen LogP) is 5.17. The van der Waals surface area contributed by atoms with Crippen molar-refractivity contribution in [1.29, 1.82) is 0 Å². The van der Waals surface area contributed by atoms with Crippen molar-refractivity contribution in [2.45, 2.75) is 10.1 Å². The van der Waals surface area contributed by atoms with Crippen molar-refractivity contribution in [3.63, 3.8) is 0 Å². The summed E-state index contributed by atoms with van der Waals surface area (Å²) in [4.78, 5) is 23.7. The van der Waals surface area contributed by atoms with E-state index in [1.54, 1.807) is 35.7 Å². The highest BCUT2D eigenvalue weighted by Gasteiger charge is 2.15. The molecule has 0 atom stereocenters. The molecule has 0 bridgehead atoms. The molecule has 0 radical (unpaired) electrons. The minimum Gasteiger partial charge on any atom is -0.359 e. The summed E-state index contributed by atoms with van der Waals surface area (Å²) in [6.07, 6.45) is 14.4. The molecule has 0 unspecified atom stereocenters. The van der Waals surface area contributed by atoms with E-state index in [1.165, 1.54) is 23.5 Å². The van der Waals surface area contributed by atoms with Crippen molar-refractivity contribution < 1.29 is 0 Å². The molecule has 33 heavy (non-hydrogen) atoms. The van der Waals surface area contributed by atoms with Gasteiger partial charge in [-0.2, -0.15) is 5.10 Å². The molecule has 0 fully saturated rings. The molecule has 0 spiro atoms. The number of halogens is 1. The Morgan fingerprint density at radius 3 is 1.97 bits per heavy atom. The molecule has 5 aromatic heterocycles. The fourth-order valence-electron chi connectivity index (χ4n) is 3.02. The standard InChI is InChI=1S/C12H10N6S.C8H5BrN4S/c1-13-10-7-18-9(8-4-15-17(2)6-8)5-14-11(18)12(16-10)19-3;1-10-6-4-13-5(9)3-11-7(13)8(12-6)14-2/h4-7H,2-3H3;3-4H,2H3. The van der Waals surface area contributed by atoms with Gasteiger partial charge in [-0.1, -0.05) is 36.7 Å². The Bertz CT molecular complexity index is 1550. The van der Waals surface area contributed by atoms with Gasteiger partial charge in [-0.05, 0) is 28.4 Å². The molecule has 164 valence electrons. The lowest BCUT2D eigenvalue weighted by Crippen LogP contribution is -1.92. The molecule has 10 nitrogen and oxygen atoms in total. The van der Waals surface area contributed by atoms with E-state index in [4.69, 9.17) is 13.1 Å². The Labute approximate surface area is 205 Å². The molecule has 0 amide bonds. The van der Waals surface area contributed by atoms with Crippen LogP contribution < -0.4 is 0 Å². The van der Waals surface area contributed by atoms with Crippen LogP contribution in [0.4, 0.5) is 11.6 Å². The van der Waals surface area contributed by atoms with Gasteiger partial charge in [0.25, 0.3) is 11.6 Å². The third-order valence-corrected chi connectivity index (χ3v) is 6.38. The molecule has 0 aliphatic carbocycles. The van der Waals surface area contributed by atoms with Crippen LogP contribution in [-0.4, -0.2) is 51.0 Å². The lowest BCUT2D eigenvalue weighted by molar-refractivity contribution is 0.768. The minimum atomic E-state index is 0.361. The summed E-state index contributed by atoms with van der Waals surface area (Å²) in [5.41, 5.74) is 3.41. The molecule has 0 aliphatic rings. The third-order valence-electron chi connectivity index (χ3n) is 4.47. The van der Waals surface area contributed by atoms with Crippen molar-refractivity contribution in [2.24, 2.45) is 7.05 Å². The molecule has 5 aromatic rings. The molecule has 5 rings (SSSR count). The second-order valence-electron chi connectivity index (χ2n) is 6.45. The molecule has 0 saturated heterocycles. The van der Waals surface area contributed by atoms with Crippen molar-refractivity contribution in [3.8, 4) is 11.3 Å². The summed E-state index contributed by atoms with van der Waals surface area (Å²) >= 11 is 6.32. The number of hydrogen-bond acceptors (Lipinski definition) is 7. The van der Waals surface area contributed by atoms with Crippen LogP contribution in [0.15, 0.2) is 51.8 Å². The van der Waals surface area contributed by atoms with Crippen LogP contribution in [0, 0.1) is 13.1 Å². The largest absolute Gasteiger partial charge is 0.359 e. The van der Waals surface area contributed by atoms with Gasteiger partial charge in [0.05, 0.1) is 24.3 Å². The van der Waals surface area contributed by atoms with Gasteiger partial charge in [0.2, 0.25) is 10.1 Å². The number of imidazole rings is 2. The zero-order chi connectivity index (χ0) is 23.5. The highest BCUT2D eigenvalue weighted by molar-refractivity contribution is 9.10. The average molecular weight is 539 g/mol. The van der Waals surface area contributed by atoms with E-state index in [2.05, 4.69) is 50.7 Å². The first kappa shape index (κ1) is 22.8. The van der Waals surface area contributed by atoms with Gasteiger partial charge in [0.1, 0.15) is 4.60 Å². The van der Waals surface area contributed by atoms with Crippen molar-refractivity contribution in [3.05, 3.63) is 64.6 Å². The van der Waals surface area contributed by atoms with Gasteiger partial charge in [-0.3, -0.25) is 9.08 Å². The fourth-order valence-corrected chi connectivity index (χ4v) is 4.43. The Morgan fingerprint density at radius 1 is 0.848 bits per heavy atom. The predicted molar refractivity (Wildman–Crippen MR) is 132 cm³/mol. The second kappa shape index (κ2) is 9.62. The monoisotopic (exact) mass is 538 g/mol. The van der Waals surface area contributed by atoms with Crippen LogP contribution in [0.1, 0.15) is 0 Å². The quantitative estimate of drug-likeness (QED) is 0.231. The van der Waals surface area contributed by atoms with Crippen LogP contribution in [0.3, 0.4) is 0 Å². The van der Waals surface area contributed by atoms with Crippen molar-refractivity contribution in [2.75, 3.05) is 12.5 Å². The number of thioether (sulfide) groups is 2. The summed E-state index contributed by atoms with van der Waals surface area (Å²) in [5.74, 6) is 0.737. The van der Waals surface area contributed by atoms with Crippen molar-refractivity contribution in [1.82, 2.24) is 38.5 Å². The summed E-state index contributed by atoms with van der Waals surface area (Å²) in [6.45, 7) is 14.0. The molecule has 0 saturated carbocycles. The molecule has 0 aliphatic heterocycles. The van der Waals surface area contributed by atoms with Crippen molar-refractivity contribution >= 4 is 62.4 Å². The smallest absolute Gasteiger partial charge is 0.287 e. The van der Waals surface area contributed by atoms with E-state index in [-0.39, 0.29) is 0 Å². The first-order chi connectivity index (χ1) is 16.0. The molecule has 5 heterocycles. The molecular formula is C20H15BrN10S2. The normalized spacial score (nSPS) is 10.6. The average Bonchev–Trinajstić information content (AvgIpc) is 3.56. The number of aromatic nitrogens is 8. The Hall–Kier alpha value is -3.39. The van der Waals surface area contributed by atoms with Gasteiger partial charge in [0, 0.05) is 31.2 Å². The van der Waals surface area contributed by atoms with Crippen LogP contribution in [-0.2, 0) is 7.05 Å². The molecule has 13 heteroatoms. The van der Waals surface area contributed by atoms with Crippen LogP contribution in [0.2, 0.25) is 0 Å². The molecule has 0 N–H and O–H groups in total. The van der Waals surface area contributed by atoms with Gasteiger partial charge in [0.15, 0.2) is 11.3 Å². The van der Waals surface area contributed by atoms with E-state index in [1.807, 2.05) is 34.6 Å². The highest BCUT2D eigenvalue weighted by atomic mass is 79.9. The van der Waals surface area contributed by atoms with Gasteiger partial charge in [-0.15, -0.1) is 9.97 Å². The fraction of sp³-hybridized carbons (Fsp3) is 0.150. The van der Waals surface area contributed by atoms with Crippen LogP contribution in [0.25, 0.3) is 32.2 Å². The Morgan fingerprint density at radius 2 is 1.42 bits per heavy atom. The number of rotatable bonds is 3. The summed E-state index contributed by atoms with van der Waals surface area (Å²) in [7, 11) is 1.87. The summed E-state index contributed by atoms with van der Waals surface area (Å²) in [5, 5.41) is 5.68. The third kappa shape index (κ3) is 4.43. The zero-order valence-corrected chi connectivity index (χ0v) is 20.8. The number of aryl methyl sites for hydroxylation is 1. The summed E-state index contributed by atoms with van der Waals surface area (Å²) in [6, 6.07) is 0. The van der Waals surface area contributed by atoms with E-state index in [0.29, 0.717) is 11.6 Å². The van der Waals surface area contributed by atoms with Crippen LogP contribution in [0.5, 0.6) is 0 Å². The van der Waals surface area contributed by atoms with E-state index in [9.17, 15) is 0 Å². The SMILES string of the molecule is [C-]#[N+]c1cn2c(-c3cnn(C)c3)cnc2c(SC)n1.[C-]#[N+]c1cn2c(Br)cnc2c(SC)n1. The van der Waals surface area contributed by atoms with E-state index >= 15 is 0 Å². The lowest BCUT2D eigenvalue weighted by atomic mass is 10.3. The highest BCUT2D eigenvalue weighted by Crippen LogP contribution is 2.27. The molecular weight excluding hydrogens is 524 g/mol. The first-order valence-electron chi connectivity index (χ1n) is 9.22. The van der Waals surface area contributed by atoms with Crippen LogP contribution >= 0.6 is 39.5 Å². The van der Waals surface area contributed by atoms with Gasteiger partial charge >= 0.3 is 0 Å². The number of hydrogen-bond donors (Lipinski definition) is 0. The number of fused-ring (bicyclic) bond motifs is 2. The minimum absolute atomic E-state index is 0.361. The first-order valence-corrected chi connectivity index (χ1v) is 12.5. The Kier molecular flexibility index (Phi) is 6.65. The van der Waals surface area contributed by atoms with Gasteiger partial charge in [-0.25, -0.2) is 9.97 Å². The maximum atomic E-state index is 7.13. The van der Waals surface area contributed by atoms with E-state index < -0.39 is 0 Å². The Balaban J connectivity index is 0.000000165. The second-order valence-corrected chi connectivity index (χ2v) is 8.86. The molecule has 0 aromatic carbocycles. The zero-order valence-electron chi connectivity index (χ0n) is 17.6. The summed E-state index contributed by atoms with van der Waals surface area (Å²) < 4.78 is 6.27. The van der Waals surface area contributed by atoms with E-state index in [0.717, 1.165) is 37.2 Å².